The highest BCUT2D eigenvalue weighted by Gasteiger charge is 2.01. The third-order valence-corrected chi connectivity index (χ3v) is 1.28. The van der Waals surface area contributed by atoms with Gasteiger partial charge in [-0.3, -0.25) is 0 Å². The summed E-state index contributed by atoms with van der Waals surface area (Å²) in [4.78, 5) is 0. The van der Waals surface area contributed by atoms with Crippen LogP contribution in [0.5, 0.6) is 0 Å². The molecule has 0 bridgehead atoms. The van der Waals surface area contributed by atoms with Gasteiger partial charge in [-0.15, -0.1) is 0 Å². The second-order valence-corrected chi connectivity index (χ2v) is 1.94. The first-order valence-electron chi connectivity index (χ1n) is 2.88. The molecule has 3 heteroatoms. The van der Waals surface area contributed by atoms with Crippen molar-refractivity contribution < 1.29 is 1.43 Å². The van der Waals surface area contributed by atoms with Gasteiger partial charge < -0.3 is 5.73 Å². The number of hydrogen-bond donors (Lipinski definition) is 2. The smallest absolute Gasteiger partial charge is 0.104 e. The summed E-state index contributed by atoms with van der Waals surface area (Å²) in [5, 5.41) is 3.25. The third-order valence-electron chi connectivity index (χ3n) is 1.28. The van der Waals surface area contributed by atoms with Gasteiger partial charge in [-0.05, 0) is 12.8 Å². The molecule has 3 N–H and O–H groups in total. The van der Waals surface area contributed by atoms with Crippen molar-refractivity contribution in [1.82, 2.24) is 0 Å². The number of hydrogen-bond acceptors (Lipinski definition) is 3. The van der Waals surface area contributed by atoms with E-state index < -0.39 is 0 Å². The van der Waals surface area contributed by atoms with Crippen molar-refractivity contribution in [2.45, 2.75) is 12.8 Å². The number of rotatable bonds is 1. The highest BCUT2D eigenvalue weighted by atomic mass is 15.0. The van der Waals surface area contributed by atoms with Crippen molar-refractivity contribution in [2.24, 2.45) is 10.8 Å². The molecule has 3 nitrogen and oxygen atoms in total. The fourth-order valence-electron chi connectivity index (χ4n) is 0.792. The molecule has 0 saturated carbocycles. The maximum absolute atomic E-state index is 6.66. The minimum absolute atomic E-state index is 0. The minimum atomic E-state index is 0. The lowest BCUT2D eigenvalue weighted by Crippen LogP contribution is -2.01. The van der Waals surface area contributed by atoms with Gasteiger partial charge in [-0.25, -0.2) is 5.53 Å². The van der Waals surface area contributed by atoms with E-state index in [1.54, 1.807) is 0 Å². The predicted octanol–water partition coefficient (Wildman–Crippen LogP) is 1.78. The quantitative estimate of drug-likeness (QED) is 0.515. The Labute approximate surface area is 55.2 Å². The van der Waals surface area contributed by atoms with Gasteiger partial charge in [0, 0.05) is 1.43 Å². The summed E-state index contributed by atoms with van der Waals surface area (Å²) < 4.78 is 0. The van der Waals surface area contributed by atoms with E-state index in [9.17, 15) is 0 Å². The fraction of sp³-hybridized carbons (Fsp3) is 0.333. The van der Waals surface area contributed by atoms with Gasteiger partial charge in [-0.2, -0.15) is 5.11 Å². The monoisotopic (exact) mass is 125 g/mol. The van der Waals surface area contributed by atoms with Crippen molar-refractivity contribution in [3.63, 3.8) is 0 Å². The molecule has 0 aliphatic heterocycles. The second kappa shape index (κ2) is 2.44. The molecular formula is C6H11N3. The van der Waals surface area contributed by atoms with Gasteiger partial charge in [0.25, 0.3) is 0 Å². The summed E-state index contributed by atoms with van der Waals surface area (Å²) >= 11 is 0. The van der Waals surface area contributed by atoms with Gasteiger partial charge in [0.05, 0.1) is 5.70 Å². The van der Waals surface area contributed by atoms with Crippen LogP contribution in [-0.4, -0.2) is 0 Å². The molecule has 0 aromatic heterocycles. The summed E-state index contributed by atoms with van der Waals surface area (Å²) in [5.41, 5.74) is 13.4. The lowest BCUT2D eigenvalue weighted by atomic mass is 10.1. The van der Waals surface area contributed by atoms with Crippen LogP contribution in [0.3, 0.4) is 0 Å². The Kier molecular flexibility index (Phi) is 1.63. The first-order chi connectivity index (χ1) is 4.34. The zero-order valence-electron chi connectivity index (χ0n) is 5.09. The molecule has 0 amide bonds. The van der Waals surface area contributed by atoms with Crippen molar-refractivity contribution in [2.75, 3.05) is 0 Å². The molecule has 50 valence electrons. The fourth-order valence-corrected chi connectivity index (χ4v) is 0.792. The van der Waals surface area contributed by atoms with E-state index in [-0.39, 0.29) is 1.43 Å². The Morgan fingerprint density at radius 2 is 2.22 bits per heavy atom. The van der Waals surface area contributed by atoms with E-state index in [0.29, 0.717) is 11.4 Å². The summed E-state index contributed by atoms with van der Waals surface area (Å²) in [6.07, 6.45) is 5.71. The first kappa shape index (κ1) is 6.01. The van der Waals surface area contributed by atoms with Crippen molar-refractivity contribution in [3.8, 4) is 0 Å². The van der Waals surface area contributed by atoms with Crippen molar-refractivity contribution in [3.05, 3.63) is 23.5 Å². The average molecular weight is 125 g/mol. The average Bonchev–Trinajstić information content (AvgIpc) is 1.89. The van der Waals surface area contributed by atoms with E-state index in [1.807, 2.05) is 12.2 Å². The van der Waals surface area contributed by atoms with E-state index in [2.05, 4.69) is 5.11 Å². The highest BCUT2D eigenvalue weighted by Crippen LogP contribution is 2.14. The molecule has 1 aliphatic carbocycles. The van der Waals surface area contributed by atoms with Crippen LogP contribution in [0.2, 0.25) is 0 Å². The molecule has 1 aliphatic rings. The number of nitrogens with zero attached hydrogens (tertiary/aromatic N) is 1. The molecule has 0 unspecified atom stereocenters. The third kappa shape index (κ3) is 1.16. The van der Waals surface area contributed by atoms with Crippen LogP contribution in [0.15, 0.2) is 28.7 Å². The van der Waals surface area contributed by atoms with Crippen molar-refractivity contribution >= 4 is 0 Å². The van der Waals surface area contributed by atoms with Gasteiger partial charge in [0.1, 0.15) is 5.70 Å². The highest BCUT2D eigenvalue weighted by molar-refractivity contribution is 5.28. The molecule has 0 atom stereocenters. The molecule has 0 fully saturated rings. The lowest BCUT2D eigenvalue weighted by molar-refractivity contribution is 0.938. The Hall–Kier alpha value is -1.12. The summed E-state index contributed by atoms with van der Waals surface area (Å²) in [6, 6.07) is 0. The molecule has 0 spiro atoms. The maximum Gasteiger partial charge on any atom is 0.104 e. The Balaban J connectivity index is 0.000000810. The SMILES string of the molecule is N=NC1=CCCC=C1N.[HH]. The summed E-state index contributed by atoms with van der Waals surface area (Å²) in [7, 11) is 0. The maximum atomic E-state index is 6.66. The Morgan fingerprint density at radius 3 is 2.67 bits per heavy atom. The van der Waals surface area contributed by atoms with Crippen LogP contribution in [0.4, 0.5) is 0 Å². The Bertz CT molecular complexity index is 183. The zero-order chi connectivity index (χ0) is 6.69. The standard InChI is InChI=1S/C6H9N3.H2/c7-5-3-1-2-4-6(5)9-8;/h3-4,8H,1-2,7H2;1H. The van der Waals surface area contributed by atoms with E-state index in [1.165, 1.54) is 0 Å². The lowest BCUT2D eigenvalue weighted by Gasteiger charge is -2.04. The minimum Gasteiger partial charge on any atom is -0.397 e. The number of nitrogens with two attached hydrogens (primary N) is 1. The van der Waals surface area contributed by atoms with Crippen molar-refractivity contribution in [1.29, 1.82) is 5.53 Å². The number of allylic oxidation sites excluding steroid dienone is 2. The summed E-state index contributed by atoms with van der Waals surface area (Å²) in [6.45, 7) is 0. The molecule has 0 heterocycles. The van der Waals surface area contributed by atoms with Gasteiger partial charge in [0.2, 0.25) is 0 Å². The van der Waals surface area contributed by atoms with Crippen LogP contribution in [0, 0.1) is 5.53 Å². The largest absolute Gasteiger partial charge is 0.397 e. The molecular weight excluding hydrogens is 114 g/mol. The Morgan fingerprint density at radius 1 is 1.56 bits per heavy atom. The first-order valence-corrected chi connectivity index (χ1v) is 2.88. The molecule has 9 heavy (non-hydrogen) atoms. The van der Waals surface area contributed by atoms with Gasteiger partial charge in [0.15, 0.2) is 0 Å². The topological polar surface area (TPSA) is 62.2 Å². The van der Waals surface area contributed by atoms with E-state index >= 15 is 0 Å². The summed E-state index contributed by atoms with van der Waals surface area (Å²) in [5.74, 6) is 0. The van der Waals surface area contributed by atoms with Crippen LogP contribution in [0.25, 0.3) is 0 Å². The van der Waals surface area contributed by atoms with Crippen LogP contribution in [0.1, 0.15) is 14.3 Å². The van der Waals surface area contributed by atoms with Crippen LogP contribution in [-0.2, 0) is 0 Å². The second-order valence-electron chi connectivity index (χ2n) is 1.94. The van der Waals surface area contributed by atoms with Crippen LogP contribution >= 0.6 is 0 Å². The van der Waals surface area contributed by atoms with E-state index in [0.717, 1.165) is 12.8 Å². The number of nitrogens with one attached hydrogen (secondary N) is 1. The molecule has 0 radical (unpaired) electrons. The van der Waals surface area contributed by atoms with Gasteiger partial charge in [-0.1, -0.05) is 12.2 Å². The molecule has 0 aromatic carbocycles. The normalized spacial score (nSPS) is 18.2. The van der Waals surface area contributed by atoms with E-state index in [4.69, 9.17) is 11.3 Å². The predicted molar refractivity (Wildman–Crippen MR) is 36.8 cm³/mol. The molecule has 0 saturated heterocycles. The zero-order valence-corrected chi connectivity index (χ0v) is 5.09. The molecule has 0 aromatic rings. The van der Waals surface area contributed by atoms with Gasteiger partial charge >= 0.3 is 0 Å². The van der Waals surface area contributed by atoms with Crippen LogP contribution < -0.4 is 5.73 Å². The molecule has 1 rings (SSSR count).